The molecule has 1 aromatic heterocycles. The summed E-state index contributed by atoms with van der Waals surface area (Å²) in [6, 6.07) is 4.77. The molecule has 1 amide bonds. The fourth-order valence-corrected chi connectivity index (χ4v) is 6.45. The number of nitrogens with zero attached hydrogens (tertiary/aromatic N) is 2. The van der Waals surface area contributed by atoms with E-state index in [9.17, 15) is 18.0 Å². The number of halogens is 1. The van der Waals surface area contributed by atoms with Crippen molar-refractivity contribution >= 4 is 52.3 Å². The Balaban J connectivity index is 1.81. The molecule has 3 rings (SSSR count). The molecule has 2 heterocycles. The minimum absolute atomic E-state index is 0.0295. The summed E-state index contributed by atoms with van der Waals surface area (Å²) in [4.78, 5) is 32.9. The maximum absolute atomic E-state index is 12.9. The molecule has 10 nitrogen and oxygen atoms in total. The van der Waals surface area contributed by atoms with Gasteiger partial charge < -0.3 is 19.5 Å². The molecule has 35 heavy (non-hydrogen) atoms. The van der Waals surface area contributed by atoms with E-state index < -0.39 is 42.4 Å². The molecular weight excluding hydrogens is 589 g/mol. The zero-order valence-corrected chi connectivity index (χ0v) is 22.4. The van der Waals surface area contributed by atoms with E-state index in [0.29, 0.717) is 15.3 Å². The Morgan fingerprint density at radius 3 is 2.40 bits per heavy atom. The van der Waals surface area contributed by atoms with E-state index in [1.807, 2.05) is 13.8 Å². The predicted molar refractivity (Wildman–Crippen MR) is 140 cm³/mol. The molecule has 2 aromatic rings. The van der Waals surface area contributed by atoms with Crippen LogP contribution in [0.4, 0.5) is 5.82 Å². The van der Waals surface area contributed by atoms with Gasteiger partial charge >= 0.3 is 5.97 Å². The minimum atomic E-state index is -3.28. The average Bonchev–Trinajstić information content (AvgIpc) is 2.79. The van der Waals surface area contributed by atoms with E-state index in [1.54, 1.807) is 35.2 Å². The van der Waals surface area contributed by atoms with Crippen molar-refractivity contribution in [2.75, 3.05) is 18.2 Å². The normalized spacial score (nSPS) is 13.3. The van der Waals surface area contributed by atoms with Crippen LogP contribution in [0.15, 0.2) is 51.4 Å². The number of benzene rings is 1. The Morgan fingerprint density at radius 1 is 1.09 bits per heavy atom. The third-order valence-electron chi connectivity index (χ3n) is 4.18. The second-order valence-electron chi connectivity index (χ2n) is 7.45. The number of carbonyl (C=O) groups excluding carboxylic acids is 2. The maximum atomic E-state index is 12.9. The molecule has 0 spiro atoms. The van der Waals surface area contributed by atoms with Crippen molar-refractivity contribution < 1.29 is 32.2 Å². The van der Waals surface area contributed by atoms with Crippen molar-refractivity contribution in [2.45, 2.75) is 26.9 Å². The first-order chi connectivity index (χ1) is 16.5. The molecule has 12 heteroatoms. The molecule has 0 bridgehead atoms. The summed E-state index contributed by atoms with van der Waals surface area (Å²) in [6.45, 7) is 5.61. The molecule has 1 aromatic carbocycles. The quantitative estimate of drug-likeness (QED) is 0.333. The van der Waals surface area contributed by atoms with Gasteiger partial charge in [0.15, 0.2) is 25.1 Å². The Morgan fingerprint density at radius 2 is 1.83 bits per heavy atom. The zero-order valence-electron chi connectivity index (χ0n) is 19.4. The van der Waals surface area contributed by atoms with E-state index in [2.05, 4.69) is 15.3 Å². The van der Waals surface area contributed by atoms with Crippen molar-refractivity contribution in [3.63, 3.8) is 0 Å². The van der Waals surface area contributed by atoms with Gasteiger partial charge in [-0.2, -0.15) is 0 Å². The van der Waals surface area contributed by atoms with Gasteiger partial charge in [-0.15, -0.1) is 0 Å². The number of rotatable bonds is 9. The van der Waals surface area contributed by atoms with Gasteiger partial charge in [0, 0.05) is 17.9 Å². The lowest BCUT2D eigenvalue weighted by Crippen LogP contribution is -2.15. The Kier molecular flexibility index (Phi) is 8.72. The summed E-state index contributed by atoms with van der Waals surface area (Å²) in [5, 5.41) is 2.62. The van der Waals surface area contributed by atoms with Crippen molar-refractivity contribution in [1.29, 1.82) is 0 Å². The summed E-state index contributed by atoms with van der Waals surface area (Å²) >= 11 is -0.819. The van der Waals surface area contributed by atoms with Crippen LogP contribution in [0.2, 0.25) is 0 Å². The van der Waals surface area contributed by atoms with E-state index in [4.69, 9.17) is 14.2 Å². The first-order valence-corrected chi connectivity index (χ1v) is 14.7. The molecule has 0 radical (unpaired) electrons. The Bertz CT molecular complexity index is 1320. The molecule has 0 saturated heterocycles. The van der Waals surface area contributed by atoms with Crippen LogP contribution in [0, 0.1) is 0 Å². The molecule has 186 valence electrons. The van der Waals surface area contributed by atoms with Crippen LogP contribution in [0.5, 0.6) is 11.5 Å². The molecule has 1 aliphatic rings. The molecule has 0 aliphatic carbocycles. The van der Waals surface area contributed by atoms with Crippen LogP contribution in [-0.2, 0) is 14.6 Å². The van der Waals surface area contributed by atoms with Crippen LogP contribution in [0.1, 0.15) is 41.6 Å². The number of sulfone groups is 1. The zero-order chi connectivity index (χ0) is 25.6. The average molecular weight is 613 g/mol. The summed E-state index contributed by atoms with van der Waals surface area (Å²) in [5.41, 5.74) is 0.280. The number of nitrogens with one attached hydrogen (secondary N) is 1. The first kappa shape index (κ1) is 26.5. The smallest absolute Gasteiger partial charge is 0.358 e. The summed E-state index contributed by atoms with van der Waals surface area (Å²) in [6.07, 6.45) is 6.61. The number of aromatic nitrogens is 2. The Hall–Kier alpha value is -3.13. The number of carbonyl (C=O) groups is 2. The number of allylic oxidation sites excluding steroid dienone is 3. The highest BCUT2D eigenvalue weighted by Crippen LogP contribution is 2.30. The van der Waals surface area contributed by atoms with E-state index in [1.165, 1.54) is 18.5 Å². The third-order valence-corrected chi connectivity index (χ3v) is 7.89. The summed E-state index contributed by atoms with van der Waals surface area (Å²) in [5.74, 6) is -0.145. The van der Waals surface area contributed by atoms with Crippen LogP contribution < -0.4 is 14.8 Å². The number of hydrogen-bond acceptors (Lipinski definition) is 9. The number of amides is 1. The molecule has 0 fully saturated rings. The number of anilines is 1. The van der Waals surface area contributed by atoms with Crippen LogP contribution in [0.25, 0.3) is 0 Å². The van der Waals surface area contributed by atoms with Crippen molar-refractivity contribution in [3.05, 3.63) is 62.7 Å². The standard InChI is InChI=1S/C23H24IN3O7S/c1-5-32-23(29)19-12-26-21(13-25-19)27-22(28)15-8-16(33-14(2)3)10-17(9-15)34-20-7-6-18(11-24-20)35(4,30)31/h6-14H,5H2,1-4H3,(H,26,27,28). The number of esters is 1. The maximum Gasteiger partial charge on any atom is 0.358 e. The van der Waals surface area contributed by atoms with Gasteiger partial charge in [0.1, 0.15) is 11.5 Å². The third kappa shape index (κ3) is 7.68. The van der Waals surface area contributed by atoms with Gasteiger partial charge in [-0.05, 0) is 69.8 Å². The summed E-state index contributed by atoms with van der Waals surface area (Å²) < 4.78 is 42.3. The highest BCUT2D eigenvalue weighted by molar-refractivity contribution is 14.2. The fourth-order valence-electron chi connectivity index (χ4n) is 2.69. The predicted octanol–water partition coefficient (Wildman–Crippen LogP) is 3.63. The highest BCUT2D eigenvalue weighted by atomic mass is 127. The number of ether oxygens (including phenoxy) is 3. The van der Waals surface area contributed by atoms with Crippen LogP contribution in [0.3, 0.4) is 0 Å². The SMILES string of the molecule is CCOC(=O)c1cnc(NC(=O)c2cc(OC3=CC=C(S(C)(=O)=O)C=I3)cc(OC(C)C)c2)cn1. The van der Waals surface area contributed by atoms with Gasteiger partial charge in [-0.1, -0.05) is 0 Å². The lowest BCUT2D eigenvalue weighted by atomic mass is 10.2. The molecule has 1 N–H and O–H groups in total. The highest BCUT2D eigenvalue weighted by Gasteiger charge is 2.16. The van der Waals surface area contributed by atoms with Crippen LogP contribution in [-0.4, -0.2) is 53.2 Å². The van der Waals surface area contributed by atoms with Gasteiger partial charge in [-0.25, -0.2) is 23.2 Å². The fraction of sp³-hybridized carbons (Fsp3) is 0.261. The monoisotopic (exact) mass is 613 g/mol. The number of hydrogen-bond donors (Lipinski definition) is 1. The summed E-state index contributed by atoms with van der Waals surface area (Å²) in [7, 11) is -3.28. The molecule has 1 aliphatic heterocycles. The van der Waals surface area contributed by atoms with Gasteiger partial charge in [-0.3, -0.25) is 4.79 Å². The molecule has 0 atom stereocenters. The van der Waals surface area contributed by atoms with Gasteiger partial charge in [0.2, 0.25) is 0 Å². The van der Waals surface area contributed by atoms with E-state index in [-0.39, 0.29) is 34.7 Å². The topological polar surface area (TPSA) is 134 Å². The van der Waals surface area contributed by atoms with Gasteiger partial charge in [0.25, 0.3) is 5.91 Å². The van der Waals surface area contributed by atoms with Crippen LogP contribution >= 0.6 is 20.7 Å². The second kappa shape index (κ2) is 11.5. The molecule has 0 saturated carbocycles. The van der Waals surface area contributed by atoms with Gasteiger partial charge in [0.05, 0.1) is 30.0 Å². The Labute approximate surface area is 213 Å². The second-order valence-corrected chi connectivity index (χ2v) is 11.8. The largest absolute Gasteiger partial charge is 0.491 e. The van der Waals surface area contributed by atoms with Crippen molar-refractivity contribution in [3.8, 4) is 11.5 Å². The minimum Gasteiger partial charge on any atom is -0.491 e. The first-order valence-electron chi connectivity index (χ1n) is 10.4. The van der Waals surface area contributed by atoms with E-state index in [0.717, 1.165) is 6.26 Å². The lowest BCUT2D eigenvalue weighted by molar-refractivity contribution is 0.0519. The molecular formula is C23H24IN3O7S. The molecule has 0 unspecified atom stereocenters. The lowest BCUT2D eigenvalue weighted by Gasteiger charge is -2.15. The van der Waals surface area contributed by atoms with Crippen molar-refractivity contribution in [1.82, 2.24) is 9.97 Å². The van der Waals surface area contributed by atoms with E-state index >= 15 is 0 Å². The van der Waals surface area contributed by atoms with Crippen molar-refractivity contribution in [2.24, 2.45) is 0 Å².